The normalized spacial score (nSPS) is 12.1. The minimum Gasteiger partial charge on any atom is -0.383 e. The van der Waals surface area contributed by atoms with Crippen molar-refractivity contribution < 1.29 is 13.6 Å². The Morgan fingerprint density at radius 2 is 1.94 bits per heavy atom. The molecule has 1 N–H and O–H groups in total. The zero-order chi connectivity index (χ0) is 24.5. The van der Waals surface area contributed by atoms with Gasteiger partial charge in [-0.2, -0.15) is 10.4 Å². The highest BCUT2D eigenvalue weighted by Gasteiger charge is 2.25. The molecule has 4 aromatic rings. The summed E-state index contributed by atoms with van der Waals surface area (Å²) in [5, 5.41) is 17.0. The van der Waals surface area contributed by atoms with Gasteiger partial charge in [0.1, 0.15) is 29.3 Å². The van der Waals surface area contributed by atoms with Gasteiger partial charge in [-0.3, -0.25) is 9.48 Å². The summed E-state index contributed by atoms with van der Waals surface area (Å²) >= 11 is 0. The number of halogens is 2. The largest absolute Gasteiger partial charge is 0.383 e. The molecule has 9 heteroatoms. The zero-order valence-electron chi connectivity index (χ0n) is 18.8. The van der Waals surface area contributed by atoms with E-state index in [1.54, 1.807) is 37.5 Å². The van der Waals surface area contributed by atoms with E-state index < -0.39 is 24.0 Å². The van der Waals surface area contributed by atoms with Crippen LogP contribution in [-0.4, -0.2) is 27.2 Å². The van der Waals surface area contributed by atoms with Gasteiger partial charge in [-0.05, 0) is 59.5 Å². The summed E-state index contributed by atoms with van der Waals surface area (Å²) in [5.41, 5.74) is 3.69. The third-order valence-corrected chi connectivity index (χ3v) is 6.01. The van der Waals surface area contributed by atoms with Crippen LogP contribution in [0.4, 0.5) is 26.1 Å². The molecule has 0 atom stereocenters. The van der Waals surface area contributed by atoms with Crippen molar-refractivity contribution in [3.05, 3.63) is 89.2 Å². The number of anilines is 3. The first-order chi connectivity index (χ1) is 17.0. The van der Waals surface area contributed by atoms with Gasteiger partial charge >= 0.3 is 0 Å². The Labute approximate surface area is 200 Å². The molecule has 0 radical (unpaired) electrons. The fraction of sp³-hybridized carbons (Fsp3) is 0.154. The highest BCUT2D eigenvalue weighted by Crippen LogP contribution is 2.34. The molecule has 0 saturated heterocycles. The molecule has 3 heterocycles. The lowest BCUT2D eigenvalue weighted by Gasteiger charge is -2.22. The number of hydrogen-bond donors (Lipinski definition) is 1. The summed E-state index contributed by atoms with van der Waals surface area (Å²) in [6, 6.07) is 14.7. The molecule has 1 amide bonds. The van der Waals surface area contributed by atoms with Crippen LogP contribution in [0.2, 0.25) is 0 Å². The van der Waals surface area contributed by atoms with Crippen molar-refractivity contribution in [2.24, 2.45) is 7.05 Å². The lowest BCUT2D eigenvalue weighted by Crippen LogP contribution is -2.30. The monoisotopic (exact) mass is 470 g/mol. The molecule has 1 aliphatic rings. The highest BCUT2D eigenvalue weighted by molar-refractivity contribution is 6.00. The molecule has 7 nitrogen and oxygen atoms in total. The molecule has 0 spiro atoms. The van der Waals surface area contributed by atoms with Gasteiger partial charge in [-0.1, -0.05) is 6.07 Å². The van der Waals surface area contributed by atoms with Crippen LogP contribution in [0.1, 0.15) is 16.7 Å². The molecule has 0 unspecified atom stereocenters. The van der Waals surface area contributed by atoms with E-state index in [-0.39, 0.29) is 11.4 Å². The van der Waals surface area contributed by atoms with E-state index in [1.165, 1.54) is 21.8 Å². The molecule has 2 aromatic carbocycles. The molecule has 2 aromatic heterocycles. The minimum atomic E-state index is -0.791. The Morgan fingerprint density at radius 3 is 2.66 bits per heavy atom. The second-order valence-corrected chi connectivity index (χ2v) is 8.17. The summed E-state index contributed by atoms with van der Waals surface area (Å²) in [4.78, 5) is 19.1. The zero-order valence-corrected chi connectivity index (χ0v) is 18.8. The van der Waals surface area contributed by atoms with Gasteiger partial charge in [0.05, 0.1) is 23.9 Å². The predicted octanol–water partition coefficient (Wildman–Crippen LogP) is 4.51. The van der Waals surface area contributed by atoms with Crippen molar-refractivity contribution in [1.29, 1.82) is 5.26 Å². The lowest BCUT2D eigenvalue weighted by atomic mass is 9.99. The van der Waals surface area contributed by atoms with Gasteiger partial charge in [0.25, 0.3) is 0 Å². The van der Waals surface area contributed by atoms with Crippen LogP contribution in [0.15, 0.2) is 60.9 Å². The van der Waals surface area contributed by atoms with Gasteiger partial charge in [-0.15, -0.1) is 0 Å². The number of carbonyl (C=O) groups is 1. The Hall–Kier alpha value is -4.58. The van der Waals surface area contributed by atoms with E-state index >= 15 is 0 Å². The maximum atomic E-state index is 14.3. The molecular weight excluding hydrogens is 450 g/mol. The molecular formula is C26H20F2N6O. The number of benzene rings is 2. The third-order valence-electron chi connectivity index (χ3n) is 6.01. The number of aryl methyl sites for hydroxylation is 1. The van der Waals surface area contributed by atoms with Crippen molar-refractivity contribution in [1.82, 2.24) is 14.8 Å². The number of nitriles is 1. The summed E-state index contributed by atoms with van der Waals surface area (Å²) in [7, 11) is 1.66. The second-order valence-electron chi connectivity index (χ2n) is 8.17. The quantitative estimate of drug-likeness (QED) is 0.464. The number of aromatic nitrogens is 3. The van der Waals surface area contributed by atoms with Gasteiger partial charge in [0, 0.05) is 31.4 Å². The van der Waals surface area contributed by atoms with Gasteiger partial charge in [0.2, 0.25) is 5.91 Å². The summed E-state index contributed by atoms with van der Waals surface area (Å²) in [5.74, 6) is -1.49. The Kier molecular flexibility index (Phi) is 5.71. The number of rotatable bonds is 5. The van der Waals surface area contributed by atoms with Gasteiger partial charge in [-0.25, -0.2) is 18.7 Å². The number of carbonyl (C=O) groups excluding carboxylic acids is 1. The smallest absolute Gasteiger partial charge is 0.238 e. The van der Waals surface area contributed by atoms with Crippen molar-refractivity contribution in [2.45, 2.75) is 12.8 Å². The molecule has 5 rings (SSSR count). The number of fused-ring (bicyclic) bond motifs is 1. The molecule has 0 saturated carbocycles. The van der Waals surface area contributed by atoms with Crippen LogP contribution in [-0.2, 0) is 24.7 Å². The summed E-state index contributed by atoms with van der Waals surface area (Å²) in [6.07, 6.45) is 3.39. The van der Waals surface area contributed by atoms with Crippen molar-refractivity contribution in [3.8, 4) is 17.2 Å². The van der Waals surface area contributed by atoms with Gasteiger partial charge < -0.3 is 5.32 Å². The highest BCUT2D eigenvalue weighted by atomic mass is 19.1. The Balaban J connectivity index is 1.58. The number of nitrogens with one attached hydrogen (secondary N) is 1. The van der Waals surface area contributed by atoms with E-state index in [0.717, 1.165) is 47.5 Å². The molecule has 1 aliphatic heterocycles. The van der Waals surface area contributed by atoms with Crippen LogP contribution in [0, 0.1) is 23.0 Å². The minimum absolute atomic E-state index is 0.268. The maximum absolute atomic E-state index is 14.3. The fourth-order valence-electron chi connectivity index (χ4n) is 4.30. The Morgan fingerprint density at radius 1 is 1.14 bits per heavy atom. The van der Waals surface area contributed by atoms with Gasteiger partial charge in [0.15, 0.2) is 0 Å². The third kappa shape index (κ3) is 4.10. The van der Waals surface area contributed by atoms with Crippen LogP contribution in [0.3, 0.4) is 0 Å². The average Bonchev–Trinajstić information content (AvgIpc) is 3.50. The average molecular weight is 470 g/mol. The molecule has 0 bridgehead atoms. The van der Waals surface area contributed by atoms with Crippen molar-refractivity contribution in [2.75, 3.05) is 16.8 Å². The van der Waals surface area contributed by atoms with Crippen LogP contribution >= 0.6 is 0 Å². The number of hydrogen-bond acceptors (Lipinski definition) is 5. The van der Waals surface area contributed by atoms with Crippen LogP contribution in [0.5, 0.6) is 0 Å². The van der Waals surface area contributed by atoms with Crippen LogP contribution < -0.4 is 10.2 Å². The lowest BCUT2D eigenvalue weighted by molar-refractivity contribution is -0.117. The van der Waals surface area contributed by atoms with E-state index in [4.69, 9.17) is 0 Å². The van der Waals surface area contributed by atoms with E-state index in [9.17, 15) is 18.8 Å². The van der Waals surface area contributed by atoms with E-state index in [2.05, 4.69) is 21.5 Å². The molecule has 0 aliphatic carbocycles. The molecule has 0 fully saturated rings. The predicted molar refractivity (Wildman–Crippen MR) is 127 cm³/mol. The Bertz CT molecular complexity index is 1470. The summed E-state index contributed by atoms with van der Waals surface area (Å²) in [6.45, 7) is 0.768. The van der Waals surface area contributed by atoms with Crippen molar-refractivity contribution in [3.63, 3.8) is 0 Å². The molecule has 35 heavy (non-hydrogen) atoms. The maximum Gasteiger partial charge on any atom is 0.238 e. The SMILES string of the molecule is Cn1nccc1N(C(=O)Cc1c(F)cccc1F)c1cc(-c2cc(C#N)c3c(c2)CCN3)ccn1. The van der Waals surface area contributed by atoms with Crippen LogP contribution in [0.25, 0.3) is 11.1 Å². The number of nitrogens with zero attached hydrogens (tertiary/aromatic N) is 5. The number of amides is 1. The topological polar surface area (TPSA) is 86.8 Å². The molecule has 174 valence electrons. The first-order valence-electron chi connectivity index (χ1n) is 11.0. The van der Waals surface area contributed by atoms with E-state index in [1.807, 2.05) is 6.07 Å². The number of pyridine rings is 1. The standard InChI is InChI=1S/C26H20F2N6O/c1-33-24(7-10-32-33)34(25(35)14-20-21(27)3-2-4-22(20)28)23-13-16(5-8-30-23)18-11-17-6-9-31-26(17)19(12-18)15-29/h2-5,7-8,10-13,31H,6,9,14H2,1H3. The second kappa shape index (κ2) is 8.99. The fourth-order valence-corrected chi connectivity index (χ4v) is 4.30. The van der Waals surface area contributed by atoms with E-state index in [0.29, 0.717) is 11.4 Å². The first-order valence-corrected chi connectivity index (χ1v) is 11.0. The van der Waals surface area contributed by atoms with Crippen molar-refractivity contribution >= 4 is 23.2 Å². The summed E-state index contributed by atoms with van der Waals surface area (Å²) < 4.78 is 30.1. The first kappa shape index (κ1) is 22.2.